The molecule has 0 amide bonds. The number of aryl methyl sites for hydroxylation is 1. The minimum Gasteiger partial charge on any atom is -0.317 e. The molecular formula is C13H19F2N. The average Bonchev–Trinajstić information content (AvgIpc) is 2.28. The van der Waals surface area contributed by atoms with Crippen molar-refractivity contribution in [3.63, 3.8) is 0 Å². The highest BCUT2D eigenvalue weighted by Crippen LogP contribution is 2.13. The van der Waals surface area contributed by atoms with Gasteiger partial charge in [-0.05, 0) is 49.5 Å². The quantitative estimate of drug-likeness (QED) is 0.787. The Morgan fingerprint density at radius 2 is 2.00 bits per heavy atom. The molecule has 90 valence electrons. The van der Waals surface area contributed by atoms with E-state index in [0.717, 1.165) is 31.5 Å². The molecule has 0 aliphatic carbocycles. The summed E-state index contributed by atoms with van der Waals surface area (Å²) in [6, 6.07) is 4.13. The van der Waals surface area contributed by atoms with E-state index in [0.29, 0.717) is 5.92 Å². The van der Waals surface area contributed by atoms with Crippen LogP contribution in [0.1, 0.15) is 25.8 Å². The first-order valence-electron chi connectivity index (χ1n) is 5.78. The van der Waals surface area contributed by atoms with E-state index in [1.807, 2.05) is 0 Å². The molecule has 16 heavy (non-hydrogen) atoms. The molecule has 0 radical (unpaired) electrons. The number of rotatable bonds is 6. The smallest absolute Gasteiger partial charge is 0.159 e. The Morgan fingerprint density at radius 1 is 1.25 bits per heavy atom. The van der Waals surface area contributed by atoms with Gasteiger partial charge >= 0.3 is 0 Å². The van der Waals surface area contributed by atoms with Crippen molar-refractivity contribution in [1.29, 1.82) is 0 Å². The van der Waals surface area contributed by atoms with Crippen LogP contribution in [-0.2, 0) is 6.42 Å². The number of benzene rings is 1. The third-order valence-corrected chi connectivity index (χ3v) is 2.65. The number of hydrogen-bond acceptors (Lipinski definition) is 1. The number of hydrogen-bond donors (Lipinski definition) is 1. The minimum absolute atomic E-state index is 0.549. The fraction of sp³-hybridized carbons (Fsp3) is 0.538. The second kappa shape index (κ2) is 6.59. The van der Waals surface area contributed by atoms with Gasteiger partial charge < -0.3 is 5.32 Å². The van der Waals surface area contributed by atoms with Gasteiger partial charge in [-0.25, -0.2) is 8.78 Å². The van der Waals surface area contributed by atoms with E-state index >= 15 is 0 Å². The number of halogens is 2. The summed E-state index contributed by atoms with van der Waals surface area (Å²) in [5, 5.41) is 3.27. The summed E-state index contributed by atoms with van der Waals surface area (Å²) in [5.41, 5.74) is 0.863. The lowest BCUT2D eigenvalue weighted by molar-refractivity contribution is 0.484. The van der Waals surface area contributed by atoms with Gasteiger partial charge in [-0.15, -0.1) is 0 Å². The summed E-state index contributed by atoms with van der Waals surface area (Å²) in [6.07, 6.45) is 1.78. The van der Waals surface area contributed by atoms with Gasteiger partial charge in [0.05, 0.1) is 0 Å². The lowest BCUT2D eigenvalue weighted by Gasteiger charge is -2.11. The zero-order chi connectivity index (χ0) is 12.0. The van der Waals surface area contributed by atoms with E-state index in [2.05, 4.69) is 19.2 Å². The van der Waals surface area contributed by atoms with Crippen LogP contribution in [0.2, 0.25) is 0 Å². The molecule has 0 saturated heterocycles. The van der Waals surface area contributed by atoms with E-state index < -0.39 is 11.6 Å². The Morgan fingerprint density at radius 3 is 2.62 bits per heavy atom. The molecule has 1 unspecified atom stereocenters. The summed E-state index contributed by atoms with van der Waals surface area (Å²) in [5.74, 6) is -0.977. The lowest BCUT2D eigenvalue weighted by Crippen LogP contribution is -2.20. The van der Waals surface area contributed by atoms with Gasteiger partial charge in [-0.1, -0.05) is 19.9 Å². The van der Waals surface area contributed by atoms with E-state index in [-0.39, 0.29) is 0 Å². The van der Waals surface area contributed by atoms with E-state index in [4.69, 9.17) is 0 Å². The van der Waals surface area contributed by atoms with Crippen molar-refractivity contribution in [2.75, 3.05) is 13.1 Å². The van der Waals surface area contributed by atoms with Crippen LogP contribution in [0.15, 0.2) is 18.2 Å². The largest absolute Gasteiger partial charge is 0.317 e. The summed E-state index contributed by atoms with van der Waals surface area (Å²) in [4.78, 5) is 0. The van der Waals surface area contributed by atoms with E-state index in [1.165, 1.54) is 12.1 Å². The zero-order valence-electron chi connectivity index (χ0n) is 9.89. The molecule has 0 spiro atoms. The van der Waals surface area contributed by atoms with Crippen molar-refractivity contribution in [2.45, 2.75) is 26.7 Å². The molecule has 0 aromatic heterocycles. The summed E-state index contributed by atoms with van der Waals surface area (Å²) in [7, 11) is 0. The Labute approximate surface area is 95.9 Å². The molecule has 0 bridgehead atoms. The van der Waals surface area contributed by atoms with Gasteiger partial charge in [-0.3, -0.25) is 0 Å². The summed E-state index contributed by atoms with van der Waals surface area (Å²) >= 11 is 0. The maximum Gasteiger partial charge on any atom is 0.159 e. The van der Waals surface area contributed by atoms with Crippen LogP contribution in [0, 0.1) is 17.6 Å². The highest BCUT2D eigenvalue weighted by Gasteiger charge is 2.05. The van der Waals surface area contributed by atoms with E-state index in [1.54, 1.807) is 6.07 Å². The second-order valence-electron chi connectivity index (χ2n) is 4.20. The van der Waals surface area contributed by atoms with Crippen molar-refractivity contribution >= 4 is 0 Å². The maximum atomic E-state index is 12.9. The van der Waals surface area contributed by atoms with Crippen molar-refractivity contribution in [1.82, 2.24) is 5.32 Å². The predicted molar refractivity (Wildman–Crippen MR) is 62.4 cm³/mol. The number of nitrogens with one attached hydrogen (secondary N) is 1. The molecule has 3 heteroatoms. The molecular weight excluding hydrogens is 208 g/mol. The fourth-order valence-electron chi connectivity index (χ4n) is 1.60. The van der Waals surface area contributed by atoms with Crippen LogP contribution in [0.25, 0.3) is 0 Å². The van der Waals surface area contributed by atoms with Crippen LogP contribution in [0.3, 0.4) is 0 Å². The van der Waals surface area contributed by atoms with Crippen LogP contribution in [-0.4, -0.2) is 13.1 Å². The standard InChI is InChI=1S/C13H19F2N/c1-3-16-9-10(2)4-5-11-6-7-12(14)13(15)8-11/h6-8,10,16H,3-5,9H2,1-2H3. The molecule has 0 heterocycles. The normalized spacial score (nSPS) is 12.8. The van der Waals surface area contributed by atoms with Crippen molar-refractivity contribution in [2.24, 2.45) is 5.92 Å². The maximum absolute atomic E-state index is 12.9. The van der Waals surface area contributed by atoms with E-state index in [9.17, 15) is 8.78 Å². The molecule has 1 aromatic rings. The fourth-order valence-corrected chi connectivity index (χ4v) is 1.60. The molecule has 1 nitrogen and oxygen atoms in total. The highest BCUT2D eigenvalue weighted by molar-refractivity contribution is 5.17. The van der Waals surface area contributed by atoms with Crippen molar-refractivity contribution in [3.05, 3.63) is 35.4 Å². The molecule has 0 saturated carbocycles. The minimum atomic E-state index is -0.774. The molecule has 0 aliphatic rings. The lowest BCUT2D eigenvalue weighted by atomic mass is 10.0. The first kappa shape index (κ1) is 13.1. The average molecular weight is 227 g/mol. The Balaban J connectivity index is 2.39. The van der Waals surface area contributed by atoms with Gasteiger partial charge in [0.2, 0.25) is 0 Å². The molecule has 1 aromatic carbocycles. The SMILES string of the molecule is CCNCC(C)CCc1ccc(F)c(F)c1. The van der Waals surface area contributed by atoms with Gasteiger partial charge in [0.15, 0.2) is 11.6 Å². The summed E-state index contributed by atoms with van der Waals surface area (Å²) < 4.78 is 25.6. The van der Waals surface area contributed by atoms with Gasteiger partial charge in [0.25, 0.3) is 0 Å². The predicted octanol–water partition coefficient (Wildman–Crippen LogP) is 3.14. The van der Waals surface area contributed by atoms with Gasteiger partial charge in [-0.2, -0.15) is 0 Å². The first-order valence-corrected chi connectivity index (χ1v) is 5.78. The third kappa shape index (κ3) is 4.27. The summed E-state index contributed by atoms with van der Waals surface area (Å²) in [6.45, 7) is 6.17. The molecule has 0 aliphatic heterocycles. The van der Waals surface area contributed by atoms with Crippen molar-refractivity contribution < 1.29 is 8.78 Å². The van der Waals surface area contributed by atoms with Crippen LogP contribution in [0.4, 0.5) is 8.78 Å². The van der Waals surface area contributed by atoms with Crippen LogP contribution >= 0.6 is 0 Å². The van der Waals surface area contributed by atoms with Crippen LogP contribution < -0.4 is 5.32 Å². The van der Waals surface area contributed by atoms with Gasteiger partial charge in [0, 0.05) is 0 Å². The Hall–Kier alpha value is -0.960. The molecule has 0 fully saturated rings. The monoisotopic (exact) mass is 227 g/mol. The first-order chi connectivity index (χ1) is 7.63. The van der Waals surface area contributed by atoms with Crippen LogP contribution in [0.5, 0.6) is 0 Å². The van der Waals surface area contributed by atoms with Crippen molar-refractivity contribution in [3.8, 4) is 0 Å². The molecule has 1 rings (SSSR count). The second-order valence-corrected chi connectivity index (χ2v) is 4.20. The highest BCUT2D eigenvalue weighted by atomic mass is 19.2. The molecule has 1 N–H and O–H groups in total. The molecule has 1 atom stereocenters. The third-order valence-electron chi connectivity index (χ3n) is 2.65. The Kier molecular flexibility index (Phi) is 5.39. The van der Waals surface area contributed by atoms with Gasteiger partial charge in [0.1, 0.15) is 0 Å². The Bertz CT molecular complexity index is 326. The zero-order valence-corrected chi connectivity index (χ0v) is 9.89. The topological polar surface area (TPSA) is 12.0 Å².